The second-order valence-electron chi connectivity index (χ2n) is 4.55. The fraction of sp³-hybridized carbons (Fsp3) is 0.500. The normalized spacial score (nSPS) is 18.1. The molecule has 1 unspecified atom stereocenters. The van der Waals surface area contributed by atoms with Crippen LogP contribution in [0.2, 0.25) is 0 Å². The fourth-order valence-corrected chi connectivity index (χ4v) is 3.35. The molecule has 0 radical (unpaired) electrons. The molecular formula is C14H21ClN2OS2. The van der Waals surface area contributed by atoms with E-state index in [0.29, 0.717) is 19.0 Å². The van der Waals surface area contributed by atoms with Gasteiger partial charge in [0.1, 0.15) is 0 Å². The summed E-state index contributed by atoms with van der Waals surface area (Å²) >= 11 is 3.65. The zero-order valence-electron chi connectivity index (χ0n) is 11.6. The molecule has 0 bridgehead atoms. The predicted octanol–water partition coefficient (Wildman–Crippen LogP) is 2.54. The highest BCUT2D eigenvalue weighted by Gasteiger charge is 2.16. The first kappa shape index (κ1) is 17.7. The van der Waals surface area contributed by atoms with E-state index in [1.54, 1.807) is 11.8 Å². The lowest BCUT2D eigenvalue weighted by molar-refractivity contribution is -0.121. The van der Waals surface area contributed by atoms with Gasteiger partial charge >= 0.3 is 0 Å². The molecule has 1 aliphatic rings. The summed E-state index contributed by atoms with van der Waals surface area (Å²) in [4.78, 5) is 13.1. The monoisotopic (exact) mass is 332 g/mol. The molecule has 1 saturated heterocycles. The van der Waals surface area contributed by atoms with Crippen LogP contribution in [0.1, 0.15) is 12.0 Å². The van der Waals surface area contributed by atoms with Gasteiger partial charge in [0.05, 0.1) is 0 Å². The molecule has 20 heavy (non-hydrogen) atoms. The molecule has 3 nitrogen and oxygen atoms in total. The van der Waals surface area contributed by atoms with Gasteiger partial charge in [0, 0.05) is 42.0 Å². The molecule has 1 heterocycles. The van der Waals surface area contributed by atoms with Crippen LogP contribution in [0.4, 0.5) is 0 Å². The van der Waals surface area contributed by atoms with Crippen LogP contribution in [0.5, 0.6) is 0 Å². The van der Waals surface area contributed by atoms with Crippen molar-refractivity contribution in [3.05, 3.63) is 29.8 Å². The second-order valence-corrected chi connectivity index (χ2v) is 6.58. The van der Waals surface area contributed by atoms with Crippen molar-refractivity contribution in [2.45, 2.75) is 23.9 Å². The summed E-state index contributed by atoms with van der Waals surface area (Å²) in [6.07, 6.45) is 2.64. The number of carbonyl (C=O) groups is 1. The maximum absolute atomic E-state index is 11.8. The summed E-state index contributed by atoms with van der Waals surface area (Å²) in [5.74, 6) is 2.32. The summed E-state index contributed by atoms with van der Waals surface area (Å²) < 4.78 is 0. The van der Waals surface area contributed by atoms with Gasteiger partial charge in [-0.1, -0.05) is 12.1 Å². The molecule has 1 aromatic rings. The largest absolute Gasteiger partial charge is 0.352 e. The van der Waals surface area contributed by atoms with Gasteiger partial charge in [0.2, 0.25) is 5.91 Å². The number of hydrogen-bond acceptors (Lipinski definition) is 4. The van der Waals surface area contributed by atoms with E-state index in [-0.39, 0.29) is 18.3 Å². The van der Waals surface area contributed by atoms with Crippen LogP contribution in [0, 0.1) is 0 Å². The second kappa shape index (κ2) is 9.55. The Hall–Kier alpha value is -0.360. The van der Waals surface area contributed by atoms with Crippen molar-refractivity contribution in [1.82, 2.24) is 10.6 Å². The molecule has 0 aromatic heterocycles. The summed E-state index contributed by atoms with van der Waals surface area (Å²) in [6, 6.07) is 8.65. The van der Waals surface area contributed by atoms with E-state index in [0.717, 1.165) is 23.6 Å². The highest BCUT2D eigenvalue weighted by atomic mass is 35.5. The third kappa shape index (κ3) is 5.95. The van der Waals surface area contributed by atoms with Crippen LogP contribution < -0.4 is 10.6 Å². The average molecular weight is 333 g/mol. The van der Waals surface area contributed by atoms with Gasteiger partial charge in [0.15, 0.2) is 0 Å². The SMILES string of the molecule is CSc1ccc(CNC(=O)CC2CSCCN2)cc1.Cl. The number of carbonyl (C=O) groups excluding carboxylic acids is 1. The van der Waals surface area contributed by atoms with E-state index in [2.05, 4.69) is 41.2 Å². The van der Waals surface area contributed by atoms with Crippen molar-refractivity contribution in [1.29, 1.82) is 0 Å². The van der Waals surface area contributed by atoms with Crippen molar-refractivity contribution in [2.24, 2.45) is 0 Å². The number of hydrogen-bond donors (Lipinski definition) is 2. The number of benzene rings is 1. The van der Waals surface area contributed by atoms with E-state index in [1.165, 1.54) is 4.90 Å². The predicted molar refractivity (Wildman–Crippen MR) is 91.1 cm³/mol. The molecular weight excluding hydrogens is 312 g/mol. The molecule has 2 N–H and O–H groups in total. The highest BCUT2D eigenvalue weighted by Crippen LogP contribution is 2.15. The lowest BCUT2D eigenvalue weighted by atomic mass is 10.2. The first-order valence-electron chi connectivity index (χ1n) is 6.48. The van der Waals surface area contributed by atoms with Gasteiger partial charge in [-0.3, -0.25) is 4.79 Å². The zero-order chi connectivity index (χ0) is 13.5. The Kier molecular flexibility index (Phi) is 8.45. The lowest BCUT2D eigenvalue weighted by Crippen LogP contribution is -2.41. The Morgan fingerprint density at radius 2 is 2.20 bits per heavy atom. The van der Waals surface area contributed by atoms with Crippen LogP contribution in [0.3, 0.4) is 0 Å². The Morgan fingerprint density at radius 1 is 1.45 bits per heavy atom. The smallest absolute Gasteiger partial charge is 0.221 e. The average Bonchev–Trinajstić information content (AvgIpc) is 2.47. The molecule has 1 fully saturated rings. The van der Waals surface area contributed by atoms with Gasteiger partial charge in [-0.25, -0.2) is 0 Å². The first-order valence-corrected chi connectivity index (χ1v) is 8.86. The van der Waals surface area contributed by atoms with Gasteiger partial charge in [0.25, 0.3) is 0 Å². The standard InChI is InChI=1S/C14H20N2OS2.ClH/c1-18-13-4-2-11(3-5-13)9-16-14(17)8-12-10-19-7-6-15-12;/h2-5,12,15H,6-10H2,1H3,(H,16,17);1H. The Morgan fingerprint density at radius 3 is 2.80 bits per heavy atom. The molecule has 0 saturated carbocycles. The van der Waals surface area contributed by atoms with Gasteiger partial charge < -0.3 is 10.6 Å². The Bertz CT molecular complexity index is 408. The van der Waals surface area contributed by atoms with Crippen LogP contribution in [-0.4, -0.2) is 36.3 Å². The molecule has 2 rings (SSSR count). The number of nitrogens with one attached hydrogen (secondary N) is 2. The third-order valence-corrected chi connectivity index (χ3v) is 4.95. The van der Waals surface area contributed by atoms with Crippen molar-refractivity contribution in [3.63, 3.8) is 0 Å². The maximum atomic E-state index is 11.8. The highest BCUT2D eigenvalue weighted by molar-refractivity contribution is 7.99. The summed E-state index contributed by atoms with van der Waals surface area (Å²) in [5.41, 5.74) is 1.15. The van der Waals surface area contributed by atoms with Crippen molar-refractivity contribution in [2.75, 3.05) is 24.3 Å². The molecule has 0 aliphatic carbocycles. The number of amides is 1. The summed E-state index contributed by atoms with van der Waals surface area (Å²) in [6.45, 7) is 1.63. The van der Waals surface area contributed by atoms with Crippen molar-refractivity contribution >= 4 is 41.8 Å². The minimum atomic E-state index is 0. The van der Waals surface area contributed by atoms with Crippen LogP contribution in [0.15, 0.2) is 29.2 Å². The maximum Gasteiger partial charge on any atom is 0.221 e. The minimum absolute atomic E-state index is 0. The van der Waals surface area contributed by atoms with E-state index in [1.807, 2.05) is 11.8 Å². The fourth-order valence-electron chi connectivity index (χ4n) is 1.99. The lowest BCUT2D eigenvalue weighted by Gasteiger charge is -2.22. The first-order chi connectivity index (χ1) is 9.28. The summed E-state index contributed by atoms with van der Waals surface area (Å²) in [7, 11) is 0. The van der Waals surface area contributed by atoms with Crippen LogP contribution >= 0.6 is 35.9 Å². The van der Waals surface area contributed by atoms with Crippen LogP contribution in [-0.2, 0) is 11.3 Å². The number of thioether (sulfide) groups is 2. The third-order valence-electron chi connectivity index (χ3n) is 3.08. The molecule has 1 atom stereocenters. The van der Waals surface area contributed by atoms with E-state index in [9.17, 15) is 4.79 Å². The number of halogens is 1. The molecule has 1 aromatic carbocycles. The number of rotatable bonds is 5. The molecule has 1 amide bonds. The summed E-state index contributed by atoms with van der Waals surface area (Å²) in [5, 5.41) is 6.37. The van der Waals surface area contributed by atoms with Crippen molar-refractivity contribution in [3.8, 4) is 0 Å². The molecule has 6 heteroatoms. The van der Waals surface area contributed by atoms with Gasteiger partial charge in [-0.2, -0.15) is 11.8 Å². The van der Waals surface area contributed by atoms with Gasteiger partial charge in [-0.15, -0.1) is 24.2 Å². The Labute approximate surface area is 135 Å². The quantitative estimate of drug-likeness (QED) is 0.813. The zero-order valence-corrected chi connectivity index (χ0v) is 14.0. The minimum Gasteiger partial charge on any atom is -0.352 e. The molecule has 1 aliphatic heterocycles. The van der Waals surface area contributed by atoms with E-state index >= 15 is 0 Å². The van der Waals surface area contributed by atoms with Crippen LogP contribution in [0.25, 0.3) is 0 Å². The molecule has 112 valence electrons. The van der Waals surface area contributed by atoms with Gasteiger partial charge in [-0.05, 0) is 24.0 Å². The molecule has 0 spiro atoms. The van der Waals surface area contributed by atoms with E-state index < -0.39 is 0 Å². The van der Waals surface area contributed by atoms with Crippen molar-refractivity contribution < 1.29 is 4.79 Å². The Balaban J connectivity index is 0.00000200. The topological polar surface area (TPSA) is 41.1 Å². The van der Waals surface area contributed by atoms with E-state index in [4.69, 9.17) is 0 Å².